The van der Waals surface area contributed by atoms with Gasteiger partial charge in [-0.05, 0) is 32.0 Å². The number of furan rings is 1. The average Bonchev–Trinajstić information content (AvgIpc) is 2.83. The molecule has 0 spiro atoms. The lowest BCUT2D eigenvalue weighted by atomic mass is 10.2. The number of nitrogens with zero attached hydrogens (tertiary/aromatic N) is 1. The lowest BCUT2D eigenvalue weighted by molar-refractivity contribution is 0.0734. The van der Waals surface area contributed by atoms with Crippen molar-refractivity contribution in [3.8, 4) is 0 Å². The maximum absolute atomic E-state index is 12.2. The van der Waals surface area contributed by atoms with Crippen LogP contribution in [0.1, 0.15) is 23.9 Å². The molecule has 18 heavy (non-hydrogen) atoms. The predicted molar refractivity (Wildman–Crippen MR) is 71.5 cm³/mol. The lowest BCUT2D eigenvalue weighted by Crippen LogP contribution is -2.32. The van der Waals surface area contributed by atoms with Gasteiger partial charge in [-0.15, -0.1) is 0 Å². The van der Waals surface area contributed by atoms with Gasteiger partial charge in [-0.1, -0.05) is 18.2 Å². The van der Waals surface area contributed by atoms with Gasteiger partial charge in [0.1, 0.15) is 5.58 Å². The monoisotopic (exact) mass is 246 g/mol. The Morgan fingerprint density at radius 1 is 1.39 bits per heavy atom. The highest BCUT2D eigenvalue weighted by atomic mass is 16.3. The molecule has 0 aliphatic rings. The van der Waals surface area contributed by atoms with Crippen molar-refractivity contribution < 1.29 is 9.21 Å². The SMILES string of the molecule is CCN(CCCN)C(=O)c1cc2ccccc2o1. The van der Waals surface area contributed by atoms with Crippen molar-refractivity contribution in [3.05, 3.63) is 36.1 Å². The minimum Gasteiger partial charge on any atom is -0.451 e. The smallest absolute Gasteiger partial charge is 0.289 e. The molecule has 2 N–H and O–H groups in total. The van der Waals surface area contributed by atoms with E-state index in [4.69, 9.17) is 10.2 Å². The summed E-state index contributed by atoms with van der Waals surface area (Å²) in [4.78, 5) is 14.0. The topological polar surface area (TPSA) is 59.5 Å². The fourth-order valence-electron chi connectivity index (χ4n) is 1.93. The molecule has 0 unspecified atom stereocenters. The molecule has 1 amide bonds. The minimum absolute atomic E-state index is 0.0675. The largest absolute Gasteiger partial charge is 0.451 e. The van der Waals surface area contributed by atoms with Gasteiger partial charge in [0.2, 0.25) is 0 Å². The van der Waals surface area contributed by atoms with Crippen molar-refractivity contribution in [1.29, 1.82) is 0 Å². The third kappa shape index (κ3) is 2.54. The van der Waals surface area contributed by atoms with Gasteiger partial charge in [-0.2, -0.15) is 0 Å². The van der Waals surface area contributed by atoms with E-state index in [9.17, 15) is 4.79 Å². The molecule has 96 valence electrons. The highest BCUT2D eigenvalue weighted by Gasteiger charge is 2.17. The highest BCUT2D eigenvalue weighted by molar-refractivity contribution is 5.96. The fraction of sp³-hybridized carbons (Fsp3) is 0.357. The first-order valence-corrected chi connectivity index (χ1v) is 6.24. The molecule has 0 aliphatic carbocycles. The molecule has 1 aromatic heterocycles. The van der Waals surface area contributed by atoms with Crippen LogP contribution in [-0.4, -0.2) is 30.4 Å². The van der Waals surface area contributed by atoms with Crippen molar-refractivity contribution in [1.82, 2.24) is 4.90 Å². The number of carbonyl (C=O) groups is 1. The average molecular weight is 246 g/mol. The standard InChI is InChI=1S/C14H18N2O2/c1-2-16(9-5-8-15)14(17)13-10-11-6-3-4-7-12(11)18-13/h3-4,6-7,10H,2,5,8-9,15H2,1H3. The first kappa shape index (κ1) is 12.6. The number of benzene rings is 1. The summed E-state index contributed by atoms with van der Waals surface area (Å²) < 4.78 is 5.57. The van der Waals surface area contributed by atoms with Gasteiger partial charge in [-0.25, -0.2) is 0 Å². The van der Waals surface area contributed by atoms with Crippen molar-refractivity contribution in [2.75, 3.05) is 19.6 Å². The zero-order chi connectivity index (χ0) is 13.0. The molecule has 4 nitrogen and oxygen atoms in total. The zero-order valence-electron chi connectivity index (χ0n) is 10.6. The van der Waals surface area contributed by atoms with E-state index < -0.39 is 0 Å². The van der Waals surface area contributed by atoms with Crippen LogP contribution in [0.5, 0.6) is 0 Å². The Hall–Kier alpha value is -1.81. The molecule has 2 rings (SSSR count). The molecule has 0 saturated heterocycles. The molecule has 1 heterocycles. The molecular formula is C14H18N2O2. The highest BCUT2D eigenvalue weighted by Crippen LogP contribution is 2.20. The zero-order valence-corrected chi connectivity index (χ0v) is 10.6. The van der Waals surface area contributed by atoms with E-state index in [1.165, 1.54) is 0 Å². The summed E-state index contributed by atoms with van der Waals surface area (Å²) in [7, 11) is 0. The van der Waals surface area contributed by atoms with Gasteiger partial charge >= 0.3 is 0 Å². The maximum atomic E-state index is 12.2. The fourth-order valence-corrected chi connectivity index (χ4v) is 1.93. The first-order valence-electron chi connectivity index (χ1n) is 6.24. The van der Waals surface area contributed by atoms with Crippen LogP contribution in [0, 0.1) is 0 Å². The van der Waals surface area contributed by atoms with Crippen LogP contribution in [0.25, 0.3) is 11.0 Å². The second-order valence-electron chi connectivity index (χ2n) is 4.18. The van der Waals surface area contributed by atoms with Crippen molar-refractivity contribution in [3.63, 3.8) is 0 Å². The van der Waals surface area contributed by atoms with E-state index >= 15 is 0 Å². The number of rotatable bonds is 5. The van der Waals surface area contributed by atoms with Gasteiger partial charge in [-0.3, -0.25) is 4.79 Å². The van der Waals surface area contributed by atoms with Crippen LogP contribution in [0.2, 0.25) is 0 Å². The van der Waals surface area contributed by atoms with Gasteiger partial charge in [0.05, 0.1) is 0 Å². The molecule has 0 saturated carbocycles. The summed E-state index contributed by atoms with van der Waals surface area (Å²) in [6, 6.07) is 9.42. The molecule has 0 aliphatic heterocycles. The summed E-state index contributed by atoms with van der Waals surface area (Å²) in [6.45, 7) is 3.87. The second kappa shape index (κ2) is 5.69. The van der Waals surface area contributed by atoms with E-state index in [2.05, 4.69) is 0 Å². The van der Waals surface area contributed by atoms with Gasteiger partial charge in [0.25, 0.3) is 5.91 Å². The van der Waals surface area contributed by atoms with Crippen molar-refractivity contribution >= 4 is 16.9 Å². The summed E-state index contributed by atoms with van der Waals surface area (Å²) in [5, 5.41) is 0.954. The van der Waals surface area contributed by atoms with Crippen LogP contribution in [0.4, 0.5) is 0 Å². The van der Waals surface area contributed by atoms with E-state index in [1.807, 2.05) is 31.2 Å². The summed E-state index contributed by atoms with van der Waals surface area (Å²) in [5.74, 6) is 0.331. The quantitative estimate of drug-likeness (QED) is 0.880. The normalized spacial score (nSPS) is 10.8. The van der Waals surface area contributed by atoms with Crippen LogP contribution in [0.3, 0.4) is 0 Å². The Balaban J connectivity index is 2.21. The number of fused-ring (bicyclic) bond motifs is 1. The lowest BCUT2D eigenvalue weighted by Gasteiger charge is -2.18. The van der Waals surface area contributed by atoms with E-state index in [0.717, 1.165) is 17.4 Å². The van der Waals surface area contributed by atoms with E-state index in [1.54, 1.807) is 11.0 Å². The Labute approximate surface area is 106 Å². The molecule has 0 radical (unpaired) electrons. The van der Waals surface area contributed by atoms with Crippen LogP contribution >= 0.6 is 0 Å². The van der Waals surface area contributed by atoms with Crippen molar-refractivity contribution in [2.45, 2.75) is 13.3 Å². The first-order chi connectivity index (χ1) is 8.76. The van der Waals surface area contributed by atoms with E-state index in [0.29, 0.717) is 25.4 Å². The molecule has 0 bridgehead atoms. The summed E-state index contributed by atoms with van der Waals surface area (Å²) >= 11 is 0. The number of para-hydroxylation sites is 1. The van der Waals surface area contributed by atoms with Crippen LogP contribution < -0.4 is 5.73 Å². The molecule has 4 heteroatoms. The number of carbonyl (C=O) groups excluding carboxylic acids is 1. The molecule has 2 aromatic rings. The third-order valence-electron chi connectivity index (χ3n) is 2.94. The van der Waals surface area contributed by atoms with Crippen LogP contribution in [-0.2, 0) is 0 Å². The Morgan fingerprint density at radius 2 is 2.17 bits per heavy atom. The number of amides is 1. The number of hydrogen-bond donors (Lipinski definition) is 1. The number of hydrogen-bond acceptors (Lipinski definition) is 3. The minimum atomic E-state index is -0.0675. The Kier molecular flexibility index (Phi) is 3.99. The maximum Gasteiger partial charge on any atom is 0.289 e. The molecule has 1 aromatic carbocycles. The van der Waals surface area contributed by atoms with E-state index in [-0.39, 0.29) is 5.91 Å². The van der Waals surface area contributed by atoms with Gasteiger partial charge in [0, 0.05) is 18.5 Å². The Bertz CT molecular complexity index is 500. The summed E-state index contributed by atoms with van der Waals surface area (Å²) in [6.07, 6.45) is 0.805. The third-order valence-corrected chi connectivity index (χ3v) is 2.94. The molecule has 0 fully saturated rings. The van der Waals surface area contributed by atoms with Crippen molar-refractivity contribution in [2.24, 2.45) is 5.73 Å². The summed E-state index contributed by atoms with van der Waals surface area (Å²) in [5.41, 5.74) is 6.22. The predicted octanol–water partition coefficient (Wildman–Crippen LogP) is 2.24. The van der Waals surface area contributed by atoms with Crippen LogP contribution in [0.15, 0.2) is 34.7 Å². The van der Waals surface area contributed by atoms with Gasteiger partial charge < -0.3 is 15.1 Å². The second-order valence-corrected chi connectivity index (χ2v) is 4.18. The molecule has 0 atom stereocenters. The Morgan fingerprint density at radius 3 is 2.83 bits per heavy atom. The van der Waals surface area contributed by atoms with Gasteiger partial charge in [0.15, 0.2) is 5.76 Å². The molecular weight excluding hydrogens is 228 g/mol. The number of nitrogens with two attached hydrogens (primary N) is 1.